The number of rotatable bonds is 4. The normalized spacial score (nSPS) is 10.5. The third-order valence-electron chi connectivity index (χ3n) is 2.01. The van der Waals surface area contributed by atoms with Gasteiger partial charge in [0.25, 0.3) is 0 Å². The van der Waals surface area contributed by atoms with E-state index >= 15 is 0 Å². The predicted molar refractivity (Wildman–Crippen MR) is 51.4 cm³/mol. The first-order valence-corrected chi connectivity index (χ1v) is 4.68. The Kier molecular flexibility index (Phi) is 3.74. The molecule has 1 nitrogen and oxygen atoms in total. The van der Waals surface area contributed by atoms with Crippen LogP contribution in [-0.2, 0) is 0 Å². The highest BCUT2D eigenvalue weighted by atomic mass is 19.1. The molecule has 1 aromatic rings. The van der Waals surface area contributed by atoms with E-state index in [9.17, 15) is 4.39 Å². The molecular weight excluding hydrogens is 167 g/mol. The number of ether oxygens (including phenoxy) is 1. The fourth-order valence-corrected chi connectivity index (χ4v) is 1.19. The van der Waals surface area contributed by atoms with Gasteiger partial charge in [-0.2, -0.15) is 0 Å². The summed E-state index contributed by atoms with van der Waals surface area (Å²) in [5.41, 5.74) is 0. The van der Waals surface area contributed by atoms with Crippen molar-refractivity contribution in [2.45, 2.75) is 32.8 Å². The summed E-state index contributed by atoms with van der Waals surface area (Å²) < 4.78 is 18.3. The zero-order chi connectivity index (χ0) is 9.68. The fourth-order valence-electron chi connectivity index (χ4n) is 1.19. The van der Waals surface area contributed by atoms with Crippen molar-refractivity contribution in [3.63, 3.8) is 0 Å². The predicted octanol–water partition coefficient (Wildman–Crippen LogP) is 3.39. The van der Waals surface area contributed by atoms with Gasteiger partial charge in [-0.15, -0.1) is 0 Å². The molecule has 0 spiro atoms. The minimum absolute atomic E-state index is 0.196. The van der Waals surface area contributed by atoms with Gasteiger partial charge in [0.1, 0.15) is 11.6 Å². The molecule has 0 fully saturated rings. The Hall–Kier alpha value is -1.05. The second-order valence-electron chi connectivity index (χ2n) is 3.01. The van der Waals surface area contributed by atoms with Crippen LogP contribution in [0.25, 0.3) is 0 Å². The van der Waals surface area contributed by atoms with Crippen LogP contribution in [0, 0.1) is 5.82 Å². The molecule has 1 rings (SSSR count). The van der Waals surface area contributed by atoms with Crippen molar-refractivity contribution in [2.24, 2.45) is 0 Å². The van der Waals surface area contributed by atoms with Crippen LogP contribution >= 0.6 is 0 Å². The average Bonchev–Trinajstić information content (AvgIpc) is 2.14. The van der Waals surface area contributed by atoms with Crippen LogP contribution < -0.4 is 4.74 Å². The molecule has 0 N–H and O–H groups in total. The summed E-state index contributed by atoms with van der Waals surface area (Å²) in [6.45, 7) is 4.13. The quantitative estimate of drug-likeness (QED) is 0.693. The van der Waals surface area contributed by atoms with Gasteiger partial charge in [0.05, 0.1) is 6.10 Å². The molecule has 2 heteroatoms. The zero-order valence-electron chi connectivity index (χ0n) is 8.09. The highest BCUT2D eigenvalue weighted by Gasteiger charge is 2.04. The summed E-state index contributed by atoms with van der Waals surface area (Å²) in [6, 6.07) is 6.27. The van der Waals surface area contributed by atoms with E-state index in [-0.39, 0.29) is 11.9 Å². The second kappa shape index (κ2) is 4.85. The Morgan fingerprint density at radius 3 is 2.54 bits per heavy atom. The standard InChI is InChI=1S/C11H15FO/c1-3-10(4-2)13-11-7-5-6-9(12)8-11/h5-8,10H,3-4H2,1-2H3. The summed E-state index contributed by atoms with van der Waals surface area (Å²) in [5.74, 6) is 0.372. The number of halogens is 1. The van der Waals surface area contributed by atoms with Gasteiger partial charge in [0, 0.05) is 6.07 Å². The first kappa shape index (κ1) is 10.0. The summed E-state index contributed by atoms with van der Waals surface area (Å²) in [4.78, 5) is 0. The Labute approximate surface area is 78.5 Å². The Bertz CT molecular complexity index is 256. The average molecular weight is 182 g/mol. The summed E-state index contributed by atoms with van der Waals surface area (Å²) >= 11 is 0. The molecule has 0 atom stereocenters. The van der Waals surface area contributed by atoms with E-state index in [1.54, 1.807) is 12.1 Å². The molecule has 0 unspecified atom stereocenters. The Morgan fingerprint density at radius 2 is 2.00 bits per heavy atom. The molecule has 0 amide bonds. The zero-order valence-corrected chi connectivity index (χ0v) is 8.09. The fraction of sp³-hybridized carbons (Fsp3) is 0.455. The molecule has 0 aliphatic carbocycles. The summed E-state index contributed by atoms with van der Waals surface area (Å²) in [7, 11) is 0. The first-order chi connectivity index (χ1) is 6.26. The molecule has 0 saturated carbocycles. The van der Waals surface area contributed by atoms with Crippen LogP contribution in [0.15, 0.2) is 24.3 Å². The van der Waals surface area contributed by atoms with Crippen molar-refractivity contribution in [1.82, 2.24) is 0 Å². The first-order valence-electron chi connectivity index (χ1n) is 4.68. The van der Waals surface area contributed by atoms with E-state index in [0.29, 0.717) is 5.75 Å². The summed E-state index contributed by atoms with van der Waals surface area (Å²) in [6.07, 6.45) is 2.10. The van der Waals surface area contributed by atoms with Crippen LogP contribution in [0.5, 0.6) is 5.75 Å². The largest absolute Gasteiger partial charge is 0.490 e. The van der Waals surface area contributed by atoms with Crippen LogP contribution in [0.2, 0.25) is 0 Å². The van der Waals surface area contributed by atoms with Gasteiger partial charge in [0.2, 0.25) is 0 Å². The monoisotopic (exact) mass is 182 g/mol. The molecule has 0 radical (unpaired) electrons. The maximum atomic E-state index is 12.7. The van der Waals surface area contributed by atoms with E-state index in [2.05, 4.69) is 13.8 Å². The lowest BCUT2D eigenvalue weighted by Crippen LogP contribution is -2.13. The van der Waals surface area contributed by atoms with Crippen LogP contribution in [0.4, 0.5) is 4.39 Å². The van der Waals surface area contributed by atoms with Gasteiger partial charge in [-0.05, 0) is 25.0 Å². The maximum Gasteiger partial charge on any atom is 0.126 e. The number of benzene rings is 1. The maximum absolute atomic E-state index is 12.7. The SMILES string of the molecule is CCC(CC)Oc1cccc(F)c1. The van der Waals surface area contributed by atoms with E-state index in [1.807, 2.05) is 0 Å². The molecule has 0 heterocycles. The summed E-state index contributed by atoms with van der Waals surface area (Å²) in [5, 5.41) is 0. The highest BCUT2D eigenvalue weighted by Crippen LogP contribution is 2.15. The van der Waals surface area contributed by atoms with E-state index < -0.39 is 0 Å². The van der Waals surface area contributed by atoms with Crippen molar-refractivity contribution < 1.29 is 9.13 Å². The topological polar surface area (TPSA) is 9.23 Å². The molecule has 0 aliphatic rings. The molecule has 0 saturated heterocycles. The molecule has 0 aromatic heterocycles. The van der Waals surface area contributed by atoms with Crippen molar-refractivity contribution in [2.75, 3.05) is 0 Å². The number of hydrogen-bond acceptors (Lipinski definition) is 1. The Balaban J connectivity index is 2.62. The Morgan fingerprint density at radius 1 is 1.31 bits per heavy atom. The van der Waals surface area contributed by atoms with Crippen LogP contribution in [0.1, 0.15) is 26.7 Å². The third kappa shape index (κ3) is 3.05. The molecular formula is C11H15FO. The van der Waals surface area contributed by atoms with E-state index in [1.165, 1.54) is 12.1 Å². The van der Waals surface area contributed by atoms with Crippen molar-refractivity contribution >= 4 is 0 Å². The third-order valence-corrected chi connectivity index (χ3v) is 2.01. The smallest absolute Gasteiger partial charge is 0.126 e. The van der Waals surface area contributed by atoms with Crippen LogP contribution in [0.3, 0.4) is 0 Å². The highest BCUT2D eigenvalue weighted by molar-refractivity contribution is 5.22. The van der Waals surface area contributed by atoms with Crippen molar-refractivity contribution in [1.29, 1.82) is 0 Å². The molecule has 72 valence electrons. The van der Waals surface area contributed by atoms with E-state index in [0.717, 1.165) is 12.8 Å². The second-order valence-corrected chi connectivity index (χ2v) is 3.01. The lowest BCUT2D eigenvalue weighted by Gasteiger charge is -2.15. The van der Waals surface area contributed by atoms with Gasteiger partial charge in [-0.25, -0.2) is 4.39 Å². The molecule has 0 bridgehead atoms. The van der Waals surface area contributed by atoms with Gasteiger partial charge in [-0.1, -0.05) is 19.9 Å². The van der Waals surface area contributed by atoms with E-state index in [4.69, 9.17) is 4.74 Å². The lowest BCUT2D eigenvalue weighted by atomic mass is 10.2. The minimum Gasteiger partial charge on any atom is -0.490 e. The number of hydrogen-bond donors (Lipinski definition) is 0. The van der Waals surface area contributed by atoms with Crippen molar-refractivity contribution in [3.05, 3.63) is 30.1 Å². The molecule has 1 aromatic carbocycles. The van der Waals surface area contributed by atoms with Crippen LogP contribution in [-0.4, -0.2) is 6.10 Å². The molecule has 13 heavy (non-hydrogen) atoms. The molecule has 0 aliphatic heterocycles. The lowest BCUT2D eigenvalue weighted by molar-refractivity contribution is 0.192. The van der Waals surface area contributed by atoms with Gasteiger partial charge in [-0.3, -0.25) is 0 Å². The van der Waals surface area contributed by atoms with Crippen molar-refractivity contribution in [3.8, 4) is 5.75 Å². The van der Waals surface area contributed by atoms with Gasteiger partial charge >= 0.3 is 0 Å². The minimum atomic E-state index is -0.247. The van der Waals surface area contributed by atoms with Gasteiger partial charge in [0.15, 0.2) is 0 Å². The van der Waals surface area contributed by atoms with Gasteiger partial charge < -0.3 is 4.74 Å².